The van der Waals surface area contributed by atoms with Crippen LogP contribution in [0.5, 0.6) is 0 Å². The van der Waals surface area contributed by atoms with Gasteiger partial charge in [0.05, 0.1) is 23.5 Å². The Kier molecular flexibility index (Phi) is 9.60. The maximum Gasteiger partial charge on any atom is 0.435 e. The molecule has 0 radical (unpaired) electrons. The largest absolute Gasteiger partial charge is 0.435 e. The van der Waals surface area contributed by atoms with E-state index in [1.54, 1.807) is 18.2 Å². The third kappa shape index (κ3) is 7.38. The average molecular weight is 634 g/mol. The molecule has 0 spiro atoms. The molecule has 1 unspecified atom stereocenters. The third-order valence-corrected chi connectivity index (χ3v) is 7.37. The van der Waals surface area contributed by atoms with Crippen molar-refractivity contribution in [2.45, 2.75) is 57.8 Å². The number of benzene rings is 1. The fourth-order valence-electron chi connectivity index (χ4n) is 5.21. The van der Waals surface area contributed by atoms with Crippen LogP contribution in [0.3, 0.4) is 0 Å². The molecule has 240 valence electrons. The number of halogens is 5. The number of hydrogen-bond acceptors (Lipinski definition) is 7. The molecule has 4 heterocycles. The van der Waals surface area contributed by atoms with Gasteiger partial charge in [-0.05, 0) is 56.0 Å². The molecule has 0 bridgehead atoms. The molecule has 0 saturated carbocycles. The Balaban J connectivity index is 1.28. The summed E-state index contributed by atoms with van der Waals surface area (Å²) < 4.78 is 68.9. The summed E-state index contributed by atoms with van der Waals surface area (Å²) in [5, 5.41) is 15.4. The van der Waals surface area contributed by atoms with E-state index in [2.05, 4.69) is 36.3 Å². The number of amides is 2. The second kappa shape index (κ2) is 13.6. The van der Waals surface area contributed by atoms with Crippen molar-refractivity contribution in [2.24, 2.45) is 0 Å². The topological polar surface area (TPSA) is 130 Å². The highest BCUT2D eigenvalue weighted by atomic mass is 19.4. The van der Waals surface area contributed by atoms with Crippen molar-refractivity contribution in [3.05, 3.63) is 59.8 Å². The summed E-state index contributed by atoms with van der Waals surface area (Å²) in [6, 6.07) is 4.96. The maximum absolute atomic E-state index is 13.7. The molecule has 1 aromatic carbocycles. The Morgan fingerprint density at radius 2 is 1.96 bits per heavy atom. The van der Waals surface area contributed by atoms with Gasteiger partial charge in [0.2, 0.25) is 5.91 Å². The molecule has 45 heavy (non-hydrogen) atoms. The van der Waals surface area contributed by atoms with Crippen molar-refractivity contribution in [2.75, 3.05) is 25.0 Å². The van der Waals surface area contributed by atoms with Crippen molar-refractivity contribution in [3.63, 3.8) is 0 Å². The van der Waals surface area contributed by atoms with Crippen molar-refractivity contribution < 1.29 is 31.5 Å². The summed E-state index contributed by atoms with van der Waals surface area (Å²) in [6.07, 6.45) is 0.0477. The molecule has 0 aliphatic carbocycles. The number of aryl methyl sites for hydroxylation is 1. The molecule has 2 amide bonds. The Morgan fingerprint density at radius 3 is 2.67 bits per heavy atom. The van der Waals surface area contributed by atoms with Crippen LogP contribution in [0, 0.1) is 0 Å². The van der Waals surface area contributed by atoms with Crippen LogP contribution >= 0.6 is 0 Å². The van der Waals surface area contributed by atoms with Gasteiger partial charge < -0.3 is 21.3 Å². The quantitative estimate of drug-likeness (QED) is 0.136. The number of imidazole rings is 1. The van der Waals surface area contributed by atoms with E-state index in [1.165, 1.54) is 23.0 Å². The molecular formula is C29H32F5N9O2. The molecule has 1 atom stereocenters. The minimum atomic E-state index is -4.88. The predicted octanol–water partition coefficient (Wildman–Crippen LogP) is 4.17. The number of hydrogen-bond donors (Lipinski definition) is 4. The first kappa shape index (κ1) is 31.8. The first-order chi connectivity index (χ1) is 21.5. The summed E-state index contributed by atoms with van der Waals surface area (Å²) in [7, 11) is 0. The van der Waals surface area contributed by atoms with E-state index in [-0.39, 0.29) is 35.0 Å². The number of nitrogens with zero attached hydrogens (tertiary/aromatic N) is 5. The van der Waals surface area contributed by atoms with Gasteiger partial charge in [0, 0.05) is 42.9 Å². The second-order valence-electron chi connectivity index (χ2n) is 10.5. The van der Waals surface area contributed by atoms with E-state index < -0.39 is 30.4 Å². The first-order valence-electron chi connectivity index (χ1n) is 14.5. The Morgan fingerprint density at radius 1 is 1.16 bits per heavy atom. The second-order valence-corrected chi connectivity index (χ2v) is 10.5. The van der Waals surface area contributed by atoms with Crippen molar-refractivity contribution in [1.29, 1.82) is 0 Å². The molecule has 1 fully saturated rings. The van der Waals surface area contributed by atoms with Crippen LogP contribution in [0.25, 0.3) is 16.9 Å². The third-order valence-electron chi connectivity index (χ3n) is 7.37. The van der Waals surface area contributed by atoms with Crippen molar-refractivity contribution >= 4 is 29.0 Å². The van der Waals surface area contributed by atoms with E-state index in [9.17, 15) is 31.5 Å². The van der Waals surface area contributed by atoms with Crippen LogP contribution in [-0.2, 0) is 23.9 Å². The zero-order valence-corrected chi connectivity index (χ0v) is 24.3. The van der Waals surface area contributed by atoms with E-state index in [0.29, 0.717) is 41.9 Å². The summed E-state index contributed by atoms with van der Waals surface area (Å²) in [4.78, 5) is 33.5. The highest BCUT2D eigenvalue weighted by Gasteiger charge is 2.38. The number of rotatable bonds is 12. The van der Waals surface area contributed by atoms with Crippen molar-refractivity contribution in [1.82, 2.24) is 40.1 Å². The lowest BCUT2D eigenvalue weighted by molar-refractivity contribution is -0.141. The predicted molar refractivity (Wildman–Crippen MR) is 155 cm³/mol. The minimum Gasteiger partial charge on any atom is -0.355 e. The maximum atomic E-state index is 13.7. The average Bonchev–Trinajstić information content (AvgIpc) is 3.76. The fourth-order valence-corrected chi connectivity index (χ4v) is 5.21. The molecule has 16 heteroatoms. The zero-order valence-electron chi connectivity index (χ0n) is 24.3. The minimum absolute atomic E-state index is 0.000623. The van der Waals surface area contributed by atoms with Gasteiger partial charge in [-0.25, -0.2) is 18.7 Å². The van der Waals surface area contributed by atoms with Gasteiger partial charge in [0.1, 0.15) is 6.54 Å². The van der Waals surface area contributed by atoms with Crippen LogP contribution in [0.4, 0.5) is 33.5 Å². The normalized spacial score (nSPS) is 15.1. The summed E-state index contributed by atoms with van der Waals surface area (Å²) in [5.41, 5.74) is 0.288. The molecule has 1 saturated heterocycles. The Hall–Kier alpha value is -4.60. The lowest BCUT2D eigenvalue weighted by Gasteiger charge is -2.13. The number of carbonyl (C=O) groups excluding carboxylic acids is 2. The molecule has 5 rings (SSSR count). The van der Waals surface area contributed by atoms with Gasteiger partial charge in [-0.15, -0.1) is 0 Å². The van der Waals surface area contributed by atoms with Crippen LogP contribution in [0.15, 0.2) is 43.0 Å². The fraction of sp³-hybridized carbons (Fsp3) is 0.414. The molecule has 1 aliphatic rings. The highest BCUT2D eigenvalue weighted by Crippen LogP contribution is 2.37. The van der Waals surface area contributed by atoms with E-state index in [0.717, 1.165) is 31.1 Å². The van der Waals surface area contributed by atoms with Crippen molar-refractivity contribution in [3.8, 4) is 11.3 Å². The van der Waals surface area contributed by atoms with E-state index in [1.807, 2.05) is 6.92 Å². The zero-order chi connectivity index (χ0) is 32.1. The van der Waals surface area contributed by atoms with Gasteiger partial charge in [-0.1, -0.05) is 6.92 Å². The number of aromatic nitrogens is 5. The highest BCUT2D eigenvalue weighted by molar-refractivity contribution is 5.96. The number of alkyl halides is 5. The molecule has 11 nitrogen and oxygen atoms in total. The van der Waals surface area contributed by atoms with Crippen LogP contribution in [-0.4, -0.2) is 68.1 Å². The number of fused-ring (bicyclic) bond motifs is 1. The molecule has 1 aliphatic heterocycles. The summed E-state index contributed by atoms with van der Waals surface area (Å²) in [5.74, 6) is -0.0569. The number of nitrogens with one attached hydrogen (secondary N) is 4. The van der Waals surface area contributed by atoms with Crippen LogP contribution in [0.1, 0.15) is 47.8 Å². The van der Waals surface area contributed by atoms with E-state index in [4.69, 9.17) is 0 Å². The van der Waals surface area contributed by atoms with Gasteiger partial charge in [0.25, 0.3) is 12.3 Å². The summed E-state index contributed by atoms with van der Waals surface area (Å²) >= 11 is 0. The number of anilines is 2. The molecule has 4 N–H and O–H groups in total. The molecule has 3 aromatic heterocycles. The molecule has 4 aromatic rings. The van der Waals surface area contributed by atoms with E-state index >= 15 is 0 Å². The Labute approximate surface area is 254 Å². The SMILES string of the molecule is CCc1cc(Nc2nccn3c(-c4cn(CC(F)F)nc4C(F)(F)F)cnc23)ccc1C(=O)NCCCNC(=O)C1CCCN1. The lowest BCUT2D eigenvalue weighted by Crippen LogP contribution is -2.41. The monoisotopic (exact) mass is 633 g/mol. The number of carbonyl (C=O) groups is 2. The smallest absolute Gasteiger partial charge is 0.355 e. The van der Waals surface area contributed by atoms with Gasteiger partial charge >= 0.3 is 6.18 Å². The van der Waals surface area contributed by atoms with Crippen LogP contribution in [0.2, 0.25) is 0 Å². The van der Waals surface area contributed by atoms with Gasteiger partial charge in [-0.3, -0.25) is 18.7 Å². The van der Waals surface area contributed by atoms with Gasteiger partial charge in [0.15, 0.2) is 17.2 Å². The molecular weight excluding hydrogens is 601 g/mol. The summed E-state index contributed by atoms with van der Waals surface area (Å²) in [6.45, 7) is 2.58. The lowest BCUT2D eigenvalue weighted by atomic mass is 10.0. The first-order valence-corrected chi connectivity index (χ1v) is 14.5. The standard InChI is InChI=1S/C29H32F5N9O2/c1-2-17-13-18(6-7-19(17)27(44)37-9-4-10-38-28(45)21-5-3-8-35-21)40-25-26-39-14-22(43(26)12-11-36-25)20-15-42(16-23(30)31)41-24(20)29(32,33)34/h6-7,11-15,21,23,35H,2-5,8-10,16H2,1H3,(H,36,40)(H,37,44)(H,38,45). The Bertz CT molecular complexity index is 1660. The van der Waals surface area contributed by atoms with Crippen LogP contribution < -0.4 is 21.3 Å². The van der Waals surface area contributed by atoms with Gasteiger partial charge in [-0.2, -0.15) is 18.3 Å².